The lowest BCUT2D eigenvalue weighted by Gasteiger charge is -2.25. The highest BCUT2D eigenvalue weighted by atomic mass is 79.9. The molecule has 3 nitrogen and oxygen atoms in total. The lowest BCUT2D eigenvalue weighted by Crippen LogP contribution is -2.30. The van der Waals surface area contributed by atoms with Crippen molar-refractivity contribution in [1.82, 2.24) is 4.98 Å². The first kappa shape index (κ1) is 15.2. The summed E-state index contributed by atoms with van der Waals surface area (Å²) in [5.74, 6) is -0.137. The van der Waals surface area contributed by atoms with Crippen LogP contribution in [0.3, 0.4) is 0 Å². The van der Waals surface area contributed by atoms with Crippen molar-refractivity contribution in [2.24, 2.45) is 0 Å². The van der Waals surface area contributed by atoms with Crippen LogP contribution in [0, 0.1) is 0 Å². The third kappa shape index (κ3) is 3.84. The van der Waals surface area contributed by atoms with Crippen molar-refractivity contribution < 1.29 is 18.3 Å². The van der Waals surface area contributed by atoms with Crippen LogP contribution in [0.25, 0.3) is 0 Å². The van der Waals surface area contributed by atoms with Crippen molar-refractivity contribution in [3.05, 3.63) is 22.3 Å². The van der Waals surface area contributed by atoms with Gasteiger partial charge in [0.05, 0.1) is 12.2 Å². The van der Waals surface area contributed by atoms with E-state index in [-0.39, 0.29) is 23.4 Å². The Hall–Kier alpha value is -0.820. The van der Waals surface area contributed by atoms with Crippen LogP contribution in [0.15, 0.2) is 16.7 Å². The summed E-state index contributed by atoms with van der Waals surface area (Å²) in [5.41, 5.74) is -0.793. The van der Waals surface area contributed by atoms with E-state index in [1.54, 1.807) is 0 Å². The third-order valence-electron chi connectivity index (χ3n) is 2.30. The second kappa shape index (κ2) is 6.38. The van der Waals surface area contributed by atoms with Crippen molar-refractivity contribution >= 4 is 21.7 Å². The van der Waals surface area contributed by atoms with Crippen LogP contribution in [0.5, 0.6) is 0 Å². The van der Waals surface area contributed by atoms with Crippen molar-refractivity contribution in [1.29, 1.82) is 0 Å². The Kier molecular flexibility index (Phi) is 5.40. The van der Waals surface area contributed by atoms with E-state index >= 15 is 0 Å². The number of nitrogens with zero attached hydrogens (tertiary/aromatic N) is 2. The maximum atomic E-state index is 12.9. The zero-order valence-corrected chi connectivity index (χ0v) is 11.4. The van der Waals surface area contributed by atoms with E-state index in [2.05, 4.69) is 20.9 Å². The summed E-state index contributed by atoms with van der Waals surface area (Å²) in [6.45, 7) is 2.19. The first-order chi connectivity index (χ1) is 8.40. The number of aliphatic hydroxyl groups is 1. The number of rotatable bonds is 5. The van der Waals surface area contributed by atoms with Gasteiger partial charge in [0.1, 0.15) is 5.82 Å². The molecule has 102 valence electrons. The summed E-state index contributed by atoms with van der Waals surface area (Å²) in [6, 6.07) is 1.00. The molecule has 0 bridgehead atoms. The molecule has 1 aromatic heterocycles. The van der Waals surface area contributed by atoms with Gasteiger partial charge in [-0.25, -0.2) is 4.98 Å². The standard InChI is InChI=1S/C11H14BrF3N2O/c1-2-3-17(4-5-18)10-9(11(13,14)15)6-8(12)7-16-10/h6-7,18H,2-5H2,1H3. The van der Waals surface area contributed by atoms with E-state index in [1.165, 1.54) is 11.1 Å². The van der Waals surface area contributed by atoms with Gasteiger partial charge in [-0.3, -0.25) is 0 Å². The molecule has 0 aliphatic rings. The smallest absolute Gasteiger partial charge is 0.395 e. The van der Waals surface area contributed by atoms with Gasteiger partial charge >= 0.3 is 6.18 Å². The maximum Gasteiger partial charge on any atom is 0.419 e. The fraction of sp³-hybridized carbons (Fsp3) is 0.545. The Morgan fingerprint density at radius 1 is 1.39 bits per heavy atom. The minimum Gasteiger partial charge on any atom is -0.395 e. The molecule has 0 aliphatic carbocycles. The molecule has 18 heavy (non-hydrogen) atoms. The quantitative estimate of drug-likeness (QED) is 0.903. The van der Waals surface area contributed by atoms with Crippen LogP contribution >= 0.6 is 15.9 Å². The number of aromatic nitrogens is 1. The summed E-state index contributed by atoms with van der Waals surface area (Å²) in [5, 5.41) is 8.91. The molecule has 1 aromatic rings. The fourth-order valence-electron chi connectivity index (χ4n) is 1.61. The molecule has 0 saturated heterocycles. The zero-order valence-electron chi connectivity index (χ0n) is 9.84. The van der Waals surface area contributed by atoms with Crippen LogP contribution in [0.4, 0.5) is 19.0 Å². The van der Waals surface area contributed by atoms with Gasteiger partial charge < -0.3 is 10.0 Å². The van der Waals surface area contributed by atoms with Crippen LogP contribution in [-0.4, -0.2) is 29.8 Å². The number of hydrogen-bond donors (Lipinski definition) is 1. The lowest BCUT2D eigenvalue weighted by molar-refractivity contribution is -0.137. The van der Waals surface area contributed by atoms with E-state index in [0.717, 1.165) is 6.07 Å². The molecule has 0 amide bonds. The molecule has 0 fully saturated rings. The molecule has 0 atom stereocenters. The van der Waals surface area contributed by atoms with Gasteiger partial charge in [-0.05, 0) is 28.4 Å². The molecule has 0 spiro atoms. The summed E-state index contributed by atoms with van der Waals surface area (Å²) in [6.07, 6.45) is -2.47. The number of alkyl halides is 3. The highest BCUT2D eigenvalue weighted by molar-refractivity contribution is 9.10. The van der Waals surface area contributed by atoms with Crippen LogP contribution in [0.2, 0.25) is 0 Å². The molecule has 0 unspecified atom stereocenters. The molecule has 1 rings (SSSR count). The molecular weight excluding hydrogens is 313 g/mol. The Bertz CT molecular complexity index is 392. The zero-order chi connectivity index (χ0) is 13.8. The summed E-state index contributed by atoms with van der Waals surface area (Å²) < 4.78 is 39.0. The number of anilines is 1. The van der Waals surface area contributed by atoms with Gasteiger partial charge in [0.15, 0.2) is 0 Å². The second-order valence-electron chi connectivity index (χ2n) is 3.73. The first-order valence-corrected chi connectivity index (χ1v) is 6.28. The van der Waals surface area contributed by atoms with Crippen molar-refractivity contribution in [3.63, 3.8) is 0 Å². The lowest BCUT2D eigenvalue weighted by atomic mass is 10.2. The highest BCUT2D eigenvalue weighted by Crippen LogP contribution is 2.36. The van der Waals surface area contributed by atoms with E-state index in [1.807, 2.05) is 6.92 Å². The summed E-state index contributed by atoms with van der Waals surface area (Å²) >= 11 is 2.99. The predicted octanol–water partition coefficient (Wildman–Crippen LogP) is 3.07. The van der Waals surface area contributed by atoms with Gasteiger partial charge in [0, 0.05) is 23.8 Å². The van der Waals surface area contributed by atoms with Crippen molar-refractivity contribution in [3.8, 4) is 0 Å². The van der Waals surface area contributed by atoms with Gasteiger partial charge in [-0.1, -0.05) is 6.92 Å². The minimum atomic E-state index is -4.46. The highest BCUT2D eigenvalue weighted by Gasteiger charge is 2.36. The van der Waals surface area contributed by atoms with E-state index in [0.29, 0.717) is 13.0 Å². The first-order valence-electron chi connectivity index (χ1n) is 5.48. The monoisotopic (exact) mass is 326 g/mol. The van der Waals surface area contributed by atoms with Gasteiger partial charge in [-0.15, -0.1) is 0 Å². The van der Waals surface area contributed by atoms with Gasteiger partial charge in [0.25, 0.3) is 0 Å². The van der Waals surface area contributed by atoms with E-state index in [4.69, 9.17) is 5.11 Å². The molecule has 0 radical (unpaired) electrons. The van der Waals surface area contributed by atoms with E-state index < -0.39 is 11.7 Å². The Balaban J connectivity index is 3.20. The number of pyridine rings is 1. The van der Waals surface area contributed by atoms with Gasteiger partial charge in [-0.2, -0.15) is 13.2 Å². The molecule has 0 saturated carbocycles. The van der Waals surface area contributed by atoms with E-state index in [9.17, 15) is 13.2 Å². The average Bonchev–Trinajstić information content (AvgIpc) is 2.27. The van der Waals surface area contributed by atoms with Crippen LogP contribution < -0.4 is 4.90 Å². The summed E-state index contributed by atoms with van der Waals surface area (Å²) in [7, 11) is 0. The maximum absolute atomic E-state index is 12.9. The minimum absolute atomic E-state index is 0.131. The average molecular weight is 327 g/mol. The molecular formula is C11H14BrF3N2O. The predicted molar refractivity (Wildman–Crippen MR) is 66.5 cm³/mol. The topological polar surface area (TPSA) is 36.4 Å². The van der Waals surface area contributed by atoms with Crippen molar-refractivity contribution in [2.75, 3.05) is 24.6 Å². The molecule has 0 aliphatic heterocycles. The number of halogens is 4. The molecule has 1 N–H and O–H groups in total. The van der Waals surface area contributed by atoms with Crippen molar-refractivity contribution in [2.45, 2.75) is 19.5 Å². The number of aliphatic hydroxyl groups excluding tert-OH is 1. The second-order valence-corrected chi connectivity index (χ2v) is 4.65. The largest absolute Gasteiger partial charge is 0.419 e. The summed E-state index contributed by atoms with van der Waals surface area (Å²) in [4.78, 5) is 5.27. The third-order valence-corrected chi connectivity index (χ3v) is 2.74. The SMILES string of the molecule is CCCN(CCO)c1ncc(Br)cc1C(F)(F)F. The number of hydrogen-bond acceptors (Lipinski definition) is 3. The van der Waals surface area contributed by atoms with Crippen LogP contribution in [0.1, 0.15) is 18.9 Å². The Morgan fingerprint density at radius 3 is 2.56 bits per heavy atom. The fourth-order valence-corrected chi connectivity index (χ4v) is 1.94. The Morgan fingerprint density at radius 2 is 2.06 bits per heavy atom. The molecule has 1 heterocycles. The van der Waals surface area contributed by atoms with Gasteiger partial charge in [0.2, 0.25) is 0 Å². The Labute approximate surface area is 112 Å². The molecule has 0 aromatic carbocycles. The normalized spacial score (nSPS) is 11.7. The van der Waals surface area contributed by atoms with Crippen LogP contribution in [-0.2, 0) is 6.18 Å². The molecule has 7 heteroatoms.